The smallest absolute Gasteiger partial charge is 0.316 e. The molecule has 1 amide bonds. The molecule has 0 aromatic carbocycles. The van der Waals surface area contributed by atoms with Crippen LogP contribution in [0.25, 0.3) is 11.5 Å². The molecule has 9 heteroatoms. The molecule has 1 saturated carbocycles. The summed E-state index contributed by atoms with van der Waals surface area (Å²) in [6, 6.07) is 3.99. The Hall–Kier alpha value is -3.36. The molecule has 31 heavy (non-hydrogen) atoms. The van der Waals surface area contributed by atoms with Crippen LogP contribution < -0.4 is 4.74 Å². The van der Waals surface area contributed by atoms with Gasteiger partial charge in [0.05, 0.1) is 30.8 Å². The van der Waals surface area contributed by atoms with E-state index in [1.807, 2.05) is 24.0 Å². The monoisotopic (exact) mass is 423 g/mol. The van der Waals surface area contributed by atoms with Crippen LogP contribution in [0.5, 0.6) is 6.01 Å². The maximum absolute atomic E-state index is 13.5. The summed E-state index contributed by atoms with van der Waals surface area (Å²) in [6.45, 7) is 2.98. The Morgan fingerprint density at radius 3 is 2.81 bits per heavy atom. The minimum atomic E-state index is -0.493. The van der Waals surface area contributed by atoms with Crippen LogP contribution in [-0.2, 0) is 0 Å². The van der Waals surface area contributed by atoms with E-state index in [2.05, 4.69) is 19.9 Å². The topological polar surface area (TPSA) is 94.2 Å². The molecule has 3 aliphatic rings. The van der Waals surface area contributed by atoms with Crippen molar-refractivity contribution in [3.05, 3.63) is 54.2 Å². The molecule has 3 aromatic rings. The summed E-state index contributed by atoms with van der Waals surface area (Å²) >= 11 is 0. The van der Waals surface area contributed by atoms with Crippen LogP contribution in [0.3, 0.4) is 0 Å². The second kappa shape index (κ2) is 8.05. The van der Waals surface area contributed by atoms with E-state index < -0.39 is 5.82 Å². The highest BCUT2D eigenvalue weighted by atomic mass is 19.1. The first-order valence-corrected chi connectivity index (χ1v) is 10.4. The number of rotatable bonds is 5. The van der Waals surface area contributed by atoms with E-state index in [-0.39, 0.29) is 18.0 Å². The van der Waals surface area contributed by atoms with Crippen LogP contribution in [0.2, 0.25) is 0 Å². The lowest BCUT2D eigenvalue weighted by Crippen LogP contribution is -2.55. The van der Waals surface area contributed by atoms with Gasteiger partial charge in [-0.15, -0.1) is 0 Å². The normalized spacial score (nSPS) is 22.5. The Balaban J connectivity index is 1.31. The summed E-state index contributed by atoms with van der Waals surface area (Å²) in [7, 11) is 0. The number of ether oxygens (including phenoxy) is 1. The van der Waals surface area contributed by atoms with E-state index in [4.69, 9.17) is 9.15 Å². The quantitative estimate of drug-likeness (QED) is 0.621. The number of halogens is 1. The maximum Gasteiger partial charge on any atom is 0.316 e. The van der Waals surface area contributed by atoms with Gasteiger partial charge in [-0.2, -0.15) is 0 Å². The summed E-state index contributed by atoms with van der Waals surface area (Å²) in [5, 5.41) is 0. The van der Waals surface area contributed by atoms with Crippen LogP contribution in [0.15, 0.2) is 41.4 Å². The number of oxazole rings is 1. The number of pyridine rings is 1. The van der Waals surface area contributed by atoms with Gasteiger partial charge in [-0.05, 0) is 50.2 Å². The first kappa shape index (κ1) is 19.6. The van der Waals surface area contributed by atoms with Gasteiger partial charge in [0.2, 0.25) is 5.89 Å². The number of hydrogen-bond acceptors (Lipinski definition) is 7. The summed E-state index contributed by atoms with van der Waals surface area (Å²) in [4.78, 5) is 31.8. The van der Waals surface area contributed by atoms with Gasteiger partial charge >= 0.3 is 6.01 Å². The van der Waals surface area contributed by atoms with E-state index in [1.54, 1.807) is 6.20 Å². The Bertz CT molecular complexity index is 1070. The summed E-state index contributed by atoms with van der Waals surface area (Å²) in [6.07, 6.45) is 8.08. The van der Waals surface area contributed by atoms with E-state index in [9.17, 15) is 9.18 Å². The molecule has 3 unspecified atom stereocenters. The van der Waals surface area contributed by atoms with Gasteiger partial charge in [-0.3, -0.25) is 4.79 Å². The predicted molar refractivity (Wildman–Crippen MR) is 108 cm³/mol. The number of aromatic nitrogens is 4. The number of carbonyl (C=O) groups excluding carboxylic acids is 1. The highest BCUT2D eigenvalue weighted by molar-refractivity contribution is 5.98. The second-order valence-corrected chi connectivity index (χ2v) is 8.13. The molecule has 8 nitrogen and oxygen atoms in total. The maximum atomic E-state index is 13.5. The van der Waals surface area contributed by atoms with Crippen molar-refractivity contribution in [3.63, 3.8) is 0 Å². The zero-order valence-corrected chi connectivity index (χ0v) is 17.1. The van der Waals surface area contributed by atoms with Crippen LogP contribution in [0.4, 0.5) is 4.39 Å². The van der Waals surface area contributed by atoms with Crippen LogP contribution in [0.1, 0.15) is 35.4 Å². The van der Waals surface area contributed by atoms with Crippen LogP contribution >= 0.6 is 0 Å². The zero-order chi connectivity index (χ0) is 21.4. The van der Waals surface area contributed by atoms with Crippen LogP contribution in [0, 0.1) is 24.6 Å². The first-order chi connectivity index (χ1) is 15.1. The molecular formula is C22H22FN5O3. The molecule has 5 heterocycles. The molecule has 3 atom stereocenters. The molecule has 3 aromatic heterocycles. The van der Waals surface area contributed by atoms with E-state index in [0.717, 1.165) is 37.4 Å². The lowest BCUT2D eigenvalue weighted by molar-refractivity contribution is -0.00559. The van der Waals surface area contributed by atoms with E-state index in [1.165, 1.54) is 6.26 Å². The Labute approximate surface area is 178 Å². The summed E-state index contributed by atoms with van der Waals surface area (Å²) < 4.78 is 24.1. The van der Waals surface area contributed by atoms with Gasteiger partial charge < -0.3 is 14.1 Å². The molecule has 3 fully saturated rings. The largest absolute Gasteiger partial charge is 0.463 e. The Kier molecular flexibility index (Phi) is 5.09. The molecule has 2 bridgehead atoms. The molecule has 2 saturated heterocycles. The summed E-state index contributed by atoms with van der Waals surface area (Å²) in [5.41, 5.74) is 1.75. The van der Waals surface area contributed by atoms with Gasteiger partial charge in [0.1, 0.15) is 12.0 Å². The third-order valence-corrected chi connectivity index (χ3v) is 6.17. The Morgan fingerprint density at radius 2 is 2.10 bits per heavy atom. The fourth-order valence-corrected chi connectivity index (χ4v) is 4.62. The number of piperidine rings is 2. The molecule has 1 aliphatic carbocycles. The standard InChI is InChI=1S/C22H22FN5O3/c1-13-2-5-18(20-24-6-7-30-20)19(27-13)21(29)28-11-14-3-4-17(28)8-15(14)12-31-22-25-9-16(23)10-26-22/h2,5-7,9-10,14-15,17H,3-4,8,11-12H2,1H3. The van der Waals surface area contributed by atoms with Gasteiger partial charge in [0.25, 0.3) is 5.91 Å². The molecule has 0 radical (unpaired) electrons. The van der Waals surface area contributed by atoms with Gasteiger partial charge in [0.15, 0.2) is 5.82 Å². The third-order valence-electron chi connectivity index (χ3n) is 6.17. The lowest BCUT2D eigenvalue weighted by Gasteiger charge is -2.49. The average Bonchev–Trinajstić information content (AvgIpc) is 3.33. The number of fused-ring (bicyclic) bond motifs is 3. The van der Waals surface area contributed by atoms with Gasteiger partial charge in [-0.25, -0.2) is 24.3 Å². The second-order valence-electron chi connectivity index (χ2n) is 8.13. The molecular weight excluding hydrogens is 401 g/mol. The summed E-state index contributed by atoms with van der Waals surface area (Å²) in [5.74, 6) is 0.432. The van der Waals surface area contributed by atoms with Crippen molar-refractivity contribution in [2.45, 2.75) is 32.2 Å². The zero-order valence-electron chi connectivity index (χ0n) is 17.1. The SMILES string of the molecule is Cc1ccc(-c2ncco2)c(C(=O)N2CC3CCC2CC3COc2ncc(F)cn2)n1. The molecule has 160 valence electrons. The first-order valence-electron chi connectivity index (χ1n) is 10.4. The molecule has 0 spiro atoms. The fourth-order valence-electron chi connectivity index (χ4n) is 4.62. The van der Waals surface area contributed by atoms with Crippen molar-refractivity contribution < 1.29 is 18.3 Å². The van der Waals surface area contributed by atoms with E-state index >= 15 is 0 Å². The number of carbonyl (C=O) groups is 1. The van der Waals surface area contributed by atoms with Crippen LogP contribution in [-0.4, -0.2) is 49.9 Å². The minimum absolute atomic E-state index is 0.0900. The van der Waals surface area contributed by atoms with Crippen molar-refractivity contribution in [1.82, 2.24) is 24.8 Å². The van der Waals surface area contributed by atoms with Crippen molar-refractivity contribution in [2.24, 2.45) is 11.8 Å². The minimum Gasteiger partial charge on any atom is -0.463 e. The van der Waals surface area contributed by atoms with E-state index in [0.29, 0.717) is 42.1 Å². The predicted octanol–water partition coefficient (Wildman–Crippen LogP) is 3.29. The molecule has 0 N–H and O–H groups in total. The fraction of sp³-hybridized carbons (Fsp3) is 0.409. The highest BCUT2D eigenvalue weighted by Crippen LogP contribution is 2.40. The highest BCUT2D eigenvalue weighted by Gasteiger charge is 2.43. The number of aryl methyl sites for hydroxylation is 1. The molecule has 2 aliphatic heterocycles. The average molecular weight is 423 g/mol. The van der Waals surface area contributed by atoms with Gasteiger partial charge in [0, 0.05) is 18.3 Å². The van der Waals surface area contributed by atoms with Gasteiger partial charge in [-0.1, -0.05) is 0 Å². The van der Waals surface area contributed by atoms with Crippen molar-refractivity contribution in [3.8, 4) is 17.5 Å². The van der Waals surface area contributed by atoms with Crippen molar-refractivity contribution in [2.75, 3.05) is 13.2 Å². The lowest BCUT2D eigenvalue weighted by atomic mass is 9.72. The number of amides is 1. The Morgan fingerprint density at radius 1 is 1.26 bits per heavy atom. The third kappa shape index (κ3) is 3.87. The van der Waals surface area contributed by atoms with Crippen molar-refractivity contribution >= 4 is 5.91 Å². The molecule has 6 rings (SSSR count). The van der Waals surface area contributed by atoms with Crippen molar-refractivity contribution in [1.29, 1.82) is 0 Å². The number of hydrogen-bond donors (Lipinski definition) is 0. The number of nitrogens with zero attached hydrogens (tertiary/aromatic N) is 5.